The number of nitrogens with one attached hydrogen (secondary N) is 1. The molecule has 0 aliphatic carbocycles. The second-order valence-electron chi connectivity index (χ2n) is 6.15. The number of fused-ring (bicyclic) bond motifs is 1. The van der Waals surface area contributed by atoms with Gasteiger partial charge in [-0.3, -0.25) is 0 Å². The molecule has 2 aromatic carbocycles. The van der Waals surface area contributed by atoms with Crippen LogP contribution in [-0.4, -0.2) is 14.8 Å². The lowest BCUT2D eigenvalue weighted by Gasteiger charge is -2.31. The Kier molecular flexibility index (Phi) is 3.76. The van der Waals surface area contributed by atoms with Gasteiger partial charge in [-0.25, -0.2) is 4.68 Å². The number of aromatic nitrogens is 3. The molecule has 1 aromatic heterocycles. The van der Waals surface area contributed by atoms with E-state index in [2.05, 4.69) is 86.8 Å². The number of aryl methyl sites for hydroxylation is 1. The molecule has 0 saturated carbocycles. The number of nitrogens with two attached hydrogens (primary N) is 1. The van der Waals surface area contributed by atoms with Crippen LogP contribution < -0.4 is 11.1 Å². The van der Waals surface area contributed by atoms with Crippen molar-refractivity contribution < 1.29 is 0 Å². The van der Waals surface area contributed by atoms with Crippen molar-refractivity contribution in [2.45, 2.75) is 25.4 Å². The average molecular weight is 384 g/mol. The molecule has 0 unspecified atom stereocenters. The van der Waals surface area contributed by atoms with Gasteiger partial charge in [-0.15, -0.1) is 5.10 Å². The van der Waals surface area contributed by atoms with E-state index in [0.29, 0.717) is 5.95 Å². The minimum Gasteiger partial charge on any atom is -0.366 e. The quantitative estimate of drug-likeness (QED) is 0.699. The molecule has 0 bridgehead atoms. The number of hydrogen-bond donors (Lipinski definition) is 2. The monoisotopic (exact) mass is 383 g/mol. The lowest BCUT2D eigenvalue weighted by Crippen LogP contribution is -2.28. The molecule has 24 heavy (non-hydrogen) atoms. The number of halogens is 1. The predicted molar refractivity (Wildman–Crippen MR) is 98.9 cm³/mol. The van der Waals surface area contributed by atoms with E-state index in [1.54, 1.807) is 0 Å². The molecule has 0 amide bonds. The highest BCUT2D eigenvalue weighted by atomic mass is 79.9. The number of benzene rings is 2. The third kappa shape index (κ3) is 2.78. The first-order chi connectivity index (χ1) is 11.6. The van der Waals surface area contributed by atoms with Gasteiger partial charge in [-0.05, 0) is 36.6 Å². The summed E-state index contributed by atoms with van der Waals surface area (Å²) < 4.78 is 2.97. The summed E-state index contributed by atoms with van der Waals surface area (Å²) >= 11 is 3.49. The Morgan fingerprint density at radius 3 is 2.46 bits per heavy atom. The highest BCUT2D eigenvalue weighted by Crippen LogP contribution is 2.38. The smallest absolute Gasteiger partial charge is 0.241 e. The fraction of sp³-hybridized carbons (Fsp3) is 0.222. The molecule has 0 fully saturated rings. The van der Waals surface area contributed by atoms with Crippen LogP contribution in [0.1, 0.15) is 35.2 Å². The number of rotatable bonds is 2. The van der Waals surface area contributed by atoms with E-state index in [9.17, 15) is 0 Å². The number of nitrogens with zero attached hydrogens (tertiary/aromatic N) is 3. The fourth-order valence-corrected chi connectivity index (χ4v) is 3.44. The summed E-state index contributed by atoms with van der Waals surface area (Å²) in [7, 11) is 0. The Balaban J connectivity index is 1.74. The number of nitrogen functional groups attached to an aromatic ring is 1. The topological polar surface area (TPSA) is 68.8 Å². The molecule has 1 aliphatic rings. The van der Waals surface area contributed by atoms with Gasteiger partial charge < -0.3 is 11.1 Å². The van der Waals surface area contributed by atoms with E-state index in [1.807, 2.05) is 4.68 Å². The Morgan fingerprint density at radius 2 is 1.75 bits per heavy atom. The maximum absolute atomic E-state index is 5.84. The molecular formula is C18H18BrN5. The van der Waals surface area contributed by atoms with Crippen LogP contribution in [0.3, 0.4) is 0 Å². The Hall–Kier alpha value is -2.34. The van der Waals surface area contributed by atoms with Crippen LogP contribution in [-0.2, 0) is 0 Å². The molecule has 0 spiro atoms. The van der Waals surface area contributed by atoms with Crippen LogP contribution in [0.2, 0.25) is 0 Å². The van der Waals surface area contributed by atoms with Crippen LogP contribution in [0.25, 0.3) is 0 Å². The van der Waals surface area contributed by atoms with Crippen LogP contribution in [0.4, 0.5) is 11.9 Å². The van der Waals surface area contributed by atoms with Gasteiger partial charge in [-0.1, -0.05) is 57.9 Å². The molecule has 6 heteroatoms. The van der Waals surface area contributed by atoms with E-state index in [4.69, 9.17) is 5.73 Å². The molecule has 5 nitrogen and oxygen atoms in total. The summed E-state index contributed by atoms with van der Waals surface area (Å²) in [6, 6.07) is 17.2. The van der Waals surface area contributed by atoms with Gasteiger partial charge in [0.1, 0.15) is 0 Å². The van der Waals surface area contributed by atoms with Crippen LogP contribution in [0, 0.1) is 6.92 Å². The number of anilines is 2. The maximum atomic E-state index is 5.84. The maximum Gasteiger partial charge on any atom is 0.241 e. The van der Waals surface area contributed by atoms with Crippen LogP contribution in [0.15, 0.2) is 53.0 Å². The van der Waals surface area contributed by atoms with E-state index >= 15 is 0 Å². The Morgan fingerprint density at radius 1 is 1.08 bits per heavy atom. The molecule has 2 atom stereocenters. The highest BCUT2D eigenvalue weighted by molar-refractivity contribution is 9.10. The predicted octanol–water partition coefficient (Wildman–Crippen LogP) is 4.08. The minimum atomic E-state index is 0.111. The summed E-state index contributed by atoms with van der Waals surface area (Å²) in [4.78, 5) is 4.35. The molecule has 3 N–H and O–H groups in total. The molecular weight excluding hydrogens is 366 g/mol. The lowest BCUT2D eigenvalue weighted by molar-refractivity contribution is 0.431. The van der Waals surface area contributed by atoms with E-state index in [-0.39, 0.29) is 12.1 Å². The average Bonchev–Trinajstić information content (AvgIpc) is 2.95. The molecule has 2 heterocycles. The second-order valence-corrected chi connectivity index (χ2v) is 7.06. The molecule has 0 saturated heterocycles. The Labute approximate surface area is 149 Å². The van der Waals surface area contributed by atoms with Crippen molar-refractivity contribution in [1.82, 2.24) is 14.8 Å². The van der Waals surface area contributed by atoms with Crippen molar-refractivity contribution in [2.75, 3.05) is 11.1 Å². The lowest BCUT2D eigenvalue weighted by atomic mass is 9.93. The summed E-state index contributed by atoms with van der Waals surface area (Å²) in [6.07, 6.45) is 0.889. The molecule has 122 valence electrons. The Bertz CT molecular complexity index is 854. The summed E-state index contributed by atoms with van der Waals surface area (Å²) in [5, 5.41) is 7.85. The third-order valence-electron chi connectivity index (χ3n) is 4.44. The van der Waals surface area contributed by atoms with Gasteiger partial charge in [0.2, 0.25) is 11.9 Å². The summed E-state index contributed by atoms with van der Waals surface area (Å²) in [5.41, 5.74) is 9.53. The first-order valence-electron chi connectivity index (χ1n) is 7.91. The fourth-order valence-electron chi connectivity index (χ4n) is 3.17. The van der Waals surface area contributed by atoms with Crippen LogP contribution >= 0.6 is 15.9 Å². The zero-order valence-corrected chi connectivity index (χ0v) is 14.9. The van der Waals surface area contributed by atoms with E-state index < -0.39 is 0 Å². The normalized spacial score (nSPS) is 19.6. The molecule has 0 radical (unpaired) electrons. The zero-order valence-electron chi connectivity index (χ0n) is 13.3. The SMILES string of the molecule is Cc1ccc([C@@H]2C[C@H](c3ccc(Br)cc3)Nc3nc(N)nn32)cc1. The standard InChI is InChI=1S/C18H18BrN5/c1-11-2-4-13(5-3-11)16-10-15(12-6-8-14(19)9-7-12)21-18-22-17(20)23-24(16)18/h2-9,15-16H,10H2,1H3,(H3,20,21,22,23)/t15-,16+/m1/s1. The minimum absolute atomic E-state index is 0.111. The number of hydrogen-bond acceptors (Lipinski definition) is 4. The third-order valence-corrected chi connectivity index (χ3v) is 4.97. The molecule has 1 aliphatic heterocycles. The van der Waals surface area contributed by atoms with Crippen molar-refractivity contribution in [1.29, 1.82) is 0 Å². The van der Waals surface area contributed by atoms with Gasteiger partial charge in [0.05, 0.1) is 12.1 Å². The zero-order chi connectivity index (χ0) is 16.7. The van der Waals surface area contributed by atoms with E-state index in [1.165, 1.54) is 16.7 Å². The molecule has 4 rings (SSSR count). The van der Waals surface area contributed by atoms with Crippen molar-refractivity contribution in [2.24, 2.45) is 0 Å². The van der Waals surface area contributed by atoms with Gasteiger partial charge in [0.15, 0.2) is 0 Å². The molecule has 3 aromatic rings. The van der Waals surface area contributed by atoms with Gasteiger partial charge >= 0.3 is 0 Å². The van der Waals surface area contributed by atoms with Crippen molar-refractivity contribution in [3.8, 4) is 0 Å². The van der Waals surface area contributed by atoms with Crippen molar-refractivity contribution in [3.63, 3.8) is 0 Å². The van der Waals surface area contributed by atoms with Gasteiger partial charge in [0, 0.05) is 4.47 Å². The largest absolute Gasteiger partial charge is 0.366 e. The summed E-state index contributed by atoms with van der Waals surface area (Å²) in [6.45, 7) is 2.09. The van der Waals surface area contributed by atoms with Crippen molar-refractivity contribution in [3.05, 3.63) is 69.7 Å². The first-order valence-corrected chi connectivity index (χ1v) is 8.70. The van der Waals surface area contributed by atoms with Crippen molar-refractivity contribution >= 4 is 27.8 Å². The summed E-state index contributed by atoms with van der Waals surface area (Å²) in [5.74, 6) is 1.02. The first kappa shape index (κ1) is 15.2. The highest BCUT2D eigenvalue weighted by Gasteiger charge is 2.30. The van der Waals surface area contributed by atoms with Gasteiger partial charge in [-0.2, -0.15) is 4.98 Å². The van der Waals surface area contributed by atoms with Gasteiger partial charge in [0.25, 0.3) is 0 Å². The second kappa shape index (κ2) is 5.94. The van der Waals surface area contributed by atoms with E-state index in [0.717, 1.165) is 16.8 Å². The van der Waals surface area contributed by atoms with Crippen LogP contribution in [0.5, 0.6) is 0 Å².